The Balaban J connectivity index is 2.19. The van der Waals surface area contributed by atoms with Gasteiger partial charge in [0.1, 0.15) is 0 Å². The van der Waals surface area contributed by atoms with Gasteiger partial charge in [-0.05, 0) is 38.1 Å². The van der Waals surface area contributed by atoms with Crippen molar-refractivity contribution < 1.29 is 0 Å². The van der Waals surface area contributed by atoms with Gasteiger partial charge in [-0.3, -0.25) is 0 Å². The highest BCUT2D eigenvalue weighted by Gasteiger charge is 2.19. The van der Waals surface area contributed by atoms with Gasteiger partial charge < -0.3 is 5.73 Å². The number of thioether (sulfide) groups is 1. The molecule has 0 saturated carbocycles. The van der Waals surface area contributed by atoms with Crippen molar-refractivity contribution in [2.45, 2.75) is 30.0 Å². The van der Waals surface area contributed by atoms with Gasteiger partial charge in [0.25, 0.3) is 0 Å². The maximum atomic E-state index is 6.10. The number of aryl methyl sites for hydroxylation is 1. The largest absolute Gasteiger partial charge is 0.327 e. The van der Waals surface area contributed by atoms with E-state index in [1.807, 2.05) is 13.0 Å². The average Bonchev–Trinajstić information content (AvgIpc) is 2.74. The number of hydrogen-bond acceptors (Lipinski definition) is 3. The molecule has 0 aliphatic rings. The Morgan fingerprint density at radius 3 is 2.33 bits per heavy atom. The van der Waals surface area contributed by atoms with Gasteiger partial charge in [0.15, 0.2) is 0 Å². The van der Waals surface area contributed by atoms with Gasteiger partial charge in [-0.1, -0.05) is 29.3 Å². The van der Waals surface area contributed by atoms with Crippen LogP contribution in [0, 0.1) is 6.92 Å². The Labute approximate surface area is 121 Å². The van der Waals surface area contributed by atoms with Crippen molar-refractivity contribution in [3.05, 3.63) is 51.2 Å². The molecule has 2 rings (SSSR count). The lowest BCUT2D eigenvalue weighted by atomic mass is 10.2. The number of thiophene rings is 1. The molecule has 2 aromatic rings. The highest BCUT2D eigenvalue weighted by molar-refractivity contribution is 7.99. The molecule has 0 saturated heterocycles. The van der Waals surface area contributed by atoms with Crippen LogP contribution in [0.4, 0.5) is 0 Å². The Kier molecular flexibility index (Phi) is 4.73. The van der Waals surface area contributed by atoms with E-state index in [1.165, 1.54) is 15.3 Å². The van der Waals surface area contributed by atoms with Crippen LogP contribution in [0.5, 0.6) is 0 Å². The molecule has 0 spiro atoms. The molecule has 2 N–H and O–H groups in total. The first kappa shape index (κ1) is 13.9. The van der Waals surface area contributed by atoms with Crippen molar-refractivity contribution in [3.8, 4) is 0 Å². The van der Waals surface area contributed by atoms with E-state index in [9.17, 15) is 0 Å². The second kappa shape index (κ2) is 6.11. The molecule has 0 bridgehead atoms. The van der Waals surface area contributed by atoms with Gasteiger partial charge in [-0.15, -0.1) is 23.1 Å². The van der Waals surface area contributed by atoms with Crippen LogP contribution in [0.1, 0.15) is 22.6 Å². The lowest BCUT2D eigenvalue weighted by molar-refractivity contribution is 0.730. The van der Waals surface area contributed by atoms with Crippen LogP contribution in [0.25, 0.3) is 0 Å². The van der Waals surface area contributed by atoms with Gasteiger partial charge in [0.05, 0.1) is 9.59 Å². The molecule has 2 atom stereocenters. The number of rotatable bonds is 4. The summed E-state index contributed by atoms with van der Waals surface area (Å²) in [5, 5.41) is 0.255. The zero-order chi connectivity index (χ0) is 13.1. The van der Waals surface area contributed by atoms with E-state index in [0.717, 1.165) is 4.34 Å². The van der Waals surface area contributed by atoms with Crippen molar-refractivity contribution in [3.63, 3.8) is 0 Å². The standard InChI is InChI=1S/C14H16ClNS2/c1-9-3-5-11(6-4-9)17-14(10(2)16)12-7-8-13(15)18-12/h3-8,10,14H,16H2,1-2H3. The van der Waals surface area contributed by atoms with Crippen molar-refractivity contribution in [2.75, 3.05) is 0 Å². The van der Waals surface area contributed by atoms with Crippen LogP contribution in [0.3, 0.4) is 0 Å². The monoisotopic (exact) mass is 297 g/mol. The fraction of sp³-hybridized carbons (Fsp3) is 0.286. The first-order valence-electron chi connectivity index (χ1n) is 5.80. The van der Waals surface area contributed by atoms with E-state index in [4.69, 9.17) is 17.3 Å². The maximum absolute atomic E-state index is 6.10. The summed E-state index contributed by atoms with van der Waals surface area (Å²) >= 11 is 9.41. The van der Waals surface area contributed by atoms with E-state index in [2.05, 4.69) is 37.3 Å². The molecule has 0 aliphatic heterocycles. The second-order valence-corrected chi connectivity index (χ2v) is 7.31. The Morgan fingerprint density at radius 1 is 1.17 bits per heavy atom. The summed E-state index contributed by atoms with van der Waals surface area (Å²) in [6.07, 6.45) is 0. The normalized spacial score (nSPS) is 14.4. The number of hydrogen-bond donors (Lipinski definition) is 1. The molecule has 2 unspecified atom stereocenters. The van der Waals surface area contributed by atoms with E-state index >= 15 is 0 Å². The molecule has 1 aromatic carbocycles. The lowest BCUT2D eigenvalue weighted by Gasteiger charge is -2.19. The van der Waals surface area contributed by atoms with Crippen LogP contribution >= 0.6 is 34.7 Å². The molecule has 0 amide bonds. The van der Waals surface area contributed by atoms with Crippen LogP contribution in [-0.4, -0.2) is 6.04 Å². The van der Waals surface area contributed by atoms with Crippen molar-refractivity contribution >= 4 is 34.7 Å². The van der Waals surface area contributed by atoms with Crippen molar-refractivity contribution in [1.29, 1.82) is 0 Å². The average molecular weight is 298 g/mol. The summed E-state index contributed by atoms with van der Waals surface area (Å²) in [4.78, 5) is 2.48. The Hall–Kier alpha value is -0.480. The lowest BCUT2D eigenvalue weighted by Crippen LogP contribution is -2.21. The molecule has 18 heavy (non-hydrogen) atoms. The molecule has 1 nitrogen and oxygen atoms in total. The van der Waals surface area contributed by atoms with E-state index in [1.54, 1.807) is 23.1 Å². The predicted octanol–water partition coefficient (Wildman–Crippen LogP) is 4.89. The Morgan fingerprint density at radius 2 is 1.83 bits per heavy atom. The molecule has 1 heterocycles. The minimum Gasteiger partial charge on any atom is -0.327 e. The third-order valence-electron chi connectivity index (χ3n) is 2.64. The predicted molar refractivity (Wildman–Crippen MR) is 82.8 cm³/mol. The summed E-state index contributed by atoms with van der Waals surface area (Å²) in [5.41, 5.74) is 7.37. The minimum atomic E-state index is 0.0889. The van der Waals surface area contributed by atoms with E-state index in [-0.39, 0.29) is 11.3 Å². The maximum Gasteiger partial charge on any atom is 0.0931 e. The quantitative estimate of drug-likeness (QED) is 0.813. The highest BCUT2D eigenvalue weighted by Crippen LogP contribution is 2.41. The molecule has 96 valence electrons. The van der Waals surface area contributed by atoms with Crippen molar-refractivity contribution in [2.24, 2.45) is 5.73 Å². The summed E-state index contributed by atoms with van der Waals surface area (Å²) in [7, 11) is 0. The van der Waals surface area contributed by atoms with Crippen LogP contribution < -0.4 is 5.73 Å². The number of benzene rings is 1. The molecule has 0 fully saturated rings. The van der Waals surface area contributed by atoms with Gasteiger partial charge >= 0.3 is 0 Å². The summed E-state index contributed by atoms with van der Waals surface area (Å²) in [6.45, 7) is 4.13. The smallest absolute Gasteiger partial charge is 0.0931 e. The minimum absolute atomic E-state index is 0.0889. The highest BCUT2D eigenvalue weighted by atomic mass is 35.5. The van der Waals surface area contributed by atoms with Crippen LogP contribution in [0.2, 0.25) is 4.34 Å². The Bertz CT molecular complexity index is 505. The van der Waals surface area contributed by atoms with E-state index in [0.29, 0.717) is 0 Å². The molecular weight excluding hydrogens is 282 g/mol. The third kappa shape index (κ3) is 3.51. The van der Waals surface area contributed by atoms with Gasteiger partial charge in [0.2, 0.25) is 0 Å². The fourth-order valence-corrected chi connectivity index (χ4v) is 4.11. The number of halogens is 1. The molecule has 4 heteroatoms. The molecular formula is C14H16ClNS2. The molecule has 1 aromatic heterocycles. The number of nitrogens with two attached hydrogens (primary N) is 1. The van der Waals surface area contributed by atoms with Gasteiger partial charge in [0, 0.05) is 15.8 Å². The van der Waals surface area contributed by atoms with Crippen LogP contribution in [0.15, 0.2) is 41.3 Å². The molecule has 0 radical (unpaired) electrons. The zero-order valence-corrected chi connectivity index (χ0v) is 12.8. The van der Waals surface area contributed by atoms with Crippen molar-refractivity contribution in [1.82, 2.24) is 0 Å². The van der Waals surface area contributed by atoms with Crippen LogP contribution in [-0.2, 0) is 0 Å². The SMILES string of the molecule is Cc1ccc(SC(c2ccc(Cl)s2)C(C)N)cc1. The fourth-order valence-electron chi connectivity index (χ4n) is 1.67. The zero-order valence-electron chi connectivity index (χ0n) is 10.4. The molecule has 0 aliphatic carbocycles. The first-order valence-corrected chi connectivity index (χ1v) is 7.88. The van der Waals surface area contributed by atoms with E-state index < -0.39 is 0 Å². The first-order chi connectivity index (χ1) is 8.56. The van der Waals surface area contributed by atoms with Gasteiger partial charge in [-0.2, -0.15) is 0 Å². The van der Waals surface area contributed by atoms with Gasteiger partial charge in [-0.25, -0.2) is 0 Å². The third-order valence-corrected chi connectivity index (χ3v) is 5.58. The summed E-state index contributed by atoms with van der Waals surface area (Å²) < 4.78 is 0.820. The topological polar surface area (TPSA) is 26.0 Å². The summed E-state index contributed by atoms with van der Waals surface area (Å²) in [6, 6.07) is 12.6. The summed E-state index contributed by atoms with van der Waals surface area (Å²) in [5.74, 6) is 0. The second-order valence-electron chi connectivity index (χ2n) is 4.35.